The predicted octanol–water partition coefficient (Wildman–Crippen LogP) is 1.07. The molecule has 1 atom stereocenters. The molecular formula is C17H26IN5O2. The highest BCUT2D eigenvalue weighted by molar-refractivity contribution is 14.0. The number of amides is 2. The molecule has 0 aliphatic carbocycles. The standard InChI is InChI=1S/C17H25N5O2.HI/c1-20-17(22-8-2-3-13(11-22)9-15(18)23)21-10-12-4-6-14(7-5-12)16(19)24;/h4-7,13H,2-3,8-11H2,1H3,(H2,18,23)(H2,19,24)(H,20,21);1H. The normalized spacial score (nSPS) is 17.6. The summed E-state index contributed by atoms with van der Waals surface area (Å²) in [5.74, 6) is 0.409. The fourth-order valence-electron chi connectivity index (χ4n) is 3.01. The van der Waals surface area contributed by atoms with E-state index < -0.39 is 5.91 Å². The first kappa shape index (κ1) is 21.2. The number of rotatable bonds is 5. The Hall–Kier alpha value is -1.84. The summed E-state index contributed by atoms with van der Waals surface area (Å²) in [6.45, 7) is 2.29. The number of primary amides is 2. The molecule has 1 aliphatic rings. The fourth-order valence-corrected chi connectivity index (χ4v) is 3.01. The minimum atomic E-state index is -0.431. The molecule has 0 radical (unpaired) electrons. The topological polar surface area (TPSA) is 114 Å². The maximum Gasteiger partial charge on any atom is 0.248 e. The van der Waals surface area contributed by atoms with Crippen LogP contribution in [-0.2, 0) is 11.3 Å². The van der Waals surface area contributed by atoms with Crippen LogP contribution in [0.1, 0.15) is 35.2 Å². The summed E-state index contributed by atoms with van der Waals surface area (Å²) < 4.78 is 0. The minimum Gasteiger partial charge on any atom is -0.370 e. The van der Waals surface area contributed by atoms with Gasteiger partial charge < -0.3 is 21.7 Å². The van der Waals surface area contributed by atoms with Gasteiger partial charge in [0, 0.05) is 38.7 Å². The van der Waals surface area contributed by atoms with Crippen LogP contribution in [0.5, 0.6) is 0 Å². The Kier molecular flexibility index (Phi) is 8.67. The van der Waals surface area contributed by atoms with Crippen molar-refractivity contribution in [3.63, 3.8) is 0 Å². The molecule has 5 N–H and O–H groups in total. The molecule has 8 heteroatoms. The highest BCUT2D eigenvalue weighted by Crippen LogP contribution is 2.19. The van der Waals surface area contributed by atoms with Crippen LogP contribution in [0.2, 0.25) is 0 Å². The van der Waals surface area contributed by atoms with Crippen LogP contribution in [0.25, 0.3) is 0 Å². The van der Waals surface area contributed by atoms with E-state index in [1.54, 1.807) is 19.2 Å². The third-order valence-electron chi connectivity index (χ3n) is 4.21. The first-order valence-corrected chi connectivity index (χ1v) is 8.12. The number of halogens is 1. The zero-order chi connectivity index (χ0) is 17.5. The average molecular weight is 459 g/mol. The van der Waals surface area contributed by atoms with Gasteiger partial charge in [0.15, 0.2) is 5.96 Å². The lowest BCUT2D eigenvalue weighted by Crippen LogP contribution is -2.46. The Labute approximate surface area is 165 Å². The first-order chi connectivity index (χ1) is 11.5. The van der Waals surface area contributed by atoms with Crippen LogP contribution in [-0.4, -0.2) is 42.8 Å². The highest BCUT2D eigenvalue weighted by Gasteiger charge is 2.23. The van der Waals surface area contributed by atoms with Gasteiger partial charge in [-0.3, -0.25) is 14.6 Å². The number of hydrogen-bond acceptors (Lipinski definition) is 3. The molecule has 1 aromatic rings. The van der Waals surface area contributed by atoms with Crippen LogP contribution < -0.4 is 16.8 Å². The molecule has 0 bridgehead atoms. The Morgan fingerprint density at radius 1 is 1.28 bits per heavy atom. The molecule has 1 saturated heterocycles. The molecule has 2 amide bonds. The third-order valence-corrected chi connectivity index (χ3v) is 4.21. The molecule has 138 valence electrons. The van der Waals surface area contributed by atoms with Crippen molar-refractivity contribution < 1.29 is 9.59 Å². The largest absolute Gasteiger partial charge is 0.370 e. The Morgan fingerprint density at radius 2 is 1.96 bits per heavy atom. The summed E-state index contributed by atoms with van der Waals surface area (Å²) in [4.78, 5) is 28.7. The van der Waals surface area contributed by atoms with Crippen LogP contribution >= 0.6 is 24.0 Å². The quantitative estimate of drug-likeness (QED) is 0.347. The summed E-state index contributed by atoms with van der Waals surface area (Å²) in [5, 5.41) is 3.32. The van der Waals surface area contributed by atoms with Gasteiger partial charge in [-0.2, -0.15) is 0 Å². The number of nitrogens with zero attached hydrogens (tertiary/aromatic N) is 2. The number of nitrogens with two attached hydrogens (primary N) is 2. The number of carbonyl (C=O) groups excluding carboxylic acids is 2. The monoisotopic (exact) mass is 459 g/mol. The maximum atomic E-state index is 11.1. The van der Waals surface area contributed by atoms with Crippen LogP contribution in [0.4, 0.5) is 0 Å². The van der Waals surface area contributed by atoms with Gasteiger partial charge in [0.2, 0.25) is 11.8 Å². The van der Waals surface area contributed by atoms with Crippen molar-refractivity contribution in [2.45, 2.75) is 25.8 Å². The van der Waals surface area contributed by atoms with Crippen LogP contribution in [0.15, 0.2) is 29.3 Å². The zero-order valence-corrected chi connectivity index (χ0v) is 16.7. The summed E-state index contributed by atoms with van der Waals surface area (Å²) >= 11 is 0. The SMILES string of the molecule is CN=C(NCc1ccc(C(N)=O)cc1)N1CCCC(CC(N)=O)C1.I. The number of aliphatic imine (C=N–C) groups is 1. The molecule has 25 heavy (non-hydrogen) atoms. The Morgan fingerprint density at radius 3 is 2.52 bits per heavy atom. The van der Waals surface area contributed by atoms with E-state index in [1.807, 2.05) is 12.1 Å². The molecule has 0 saturated carbocycles. The van der Waals surface area contributed by atoms with Gasteiger partial charge in [-0.1, -0.05) is 12.1 Å². The van der Waals surface area contributed by atoms with Gasteiger partial charge >= 0.3 is 0 Å². The van der Waals surface area contributed by atoms with Crippen molar-refractivity contribution in [3.8, 4) is 0 Å². The minimum absolute atomic E-state index is 0. The molecule has 1 unspecified atom stereocenters. The molecule has 2 rings (SSSR count). The van der Waals surface area contributed by atoms with Crippen LogP contribution in [0.3, 0.4) is 0 Å². The van der Waals surface area contributed by atoms with E-state index in [0.29, 0.717) is 18.5 Å². The summed E-state index contributed by atoms with van der Waals surface area (Å²) in [6.07, 6.45) is 2.46. The van der Waals surface area contributed by atoms with Gasteiger partial charge in [-0.05, 0) is 36.5 Å². The number of likely N-dealkylation sites (tertiary alicyclic amines) is 1. The number of hydrogen-bond donors (Lipinski definition) is 3. The molecule has 7 nitrogen and oxygen atoms in total. The Bertz CT molecular complexity index is 618. The van der Waals surface area contributed by atoms with E-state index >= 15 is 0 Å². The lowest BCUT2D eigenvalue weighted by molar-refractivity contribution is -0.119. The second kappa shape index (κ2) is 10.2. The molecule has 0 aromatic heterocycles. The van der Waals surface area contributed by atoms with E-state index in [2.05, 4.69) is 15.2 Å². The van der Waals surface area contributed by atoms with Gasteiger partial charge in [-0.25, -0.2) is 0 Å². The number of piperidine rings is 1. The smallest absolute Gasteiger partial charge is 0.248 e. The molecular weight excluding hydrogens is 433 g/mol. The average Bonchev–Trinajstić information content (AvgIpc) is 2.55. The van der Waals surface area contributed by atoms with Crippen molar-refractivity contribution in [1.29, 1.82) is 0 Å². The van der Waals surface area contributed by atoms with Gasteiger partial charge in [-0.15, -0.1) is 24.0 Å². The van der Waals surface area contributed by atoms with Crippen LogP contribution in [0, 0.1) is 5.92 Å². The van der Waals surface area contributed by atoms with Gasteiger partial charge in [0.25, 0.3) is 0 Å². The van der Waals surface area contributed by atoms with Crippen molar-refractivity contribution in [1.82, 2.24) is 10.2 Å². The molecule has 1 aliphatic heterocycles. The van der Waals surface area contributed by atoms with E-state index in [9.17, 15) is 9.59 Å². The van der Waals surface area contributed by atoms with Gasteiger partial charge in [0.1, 0.15) is 0 Å². The highest BCUT2D eigenvalue weighted by atomic mass is 127. The number of benzene rings is 1. The fraction of sp³-hybridized carbons (Fsp3) is 0.471. The maximum absolute atomic E-state index is 11.1. The Balaban J connectivity index is 0.00000312. The lowest BCUT2D eigenvalue weighted by atomic mass is 9.95. The summed E-state index contributed by atoms with van der Waals surface area (Å²) in [6, 6.07) is 7.16. The molecule has 1 fully saturated rings. The second-order valence-electron chi connectivity index (χ2n) is 6.09. The number of guanidine groups is 1. The van der Waals surface area contributed by atoms with Crippen molar-refractivity contribution >= 4 is 41.8 Å². The summed E-state index contributed by atoms with van der Waals surface area (Å²) in [5.41, 5.74) is 12.1. The lowest BCUT2D eigenvalue weighted by Gasteiger charge is -2.34. The molecule has 0 spiro atoms. The van der Waals surface area contributed by atoms with E-state index in [1.165, 1.54) is 0 Å². The van der Waals surface area contributed by atoms with Crippen molar-refractivity contribution in [2.24, 2.45) is 22.4 Å². The van der Waals surface area contributed by atoms with Gasteiger partial charge in [0.05, 0.1) is 0 Å². The molecule has 1 heterocycles. The van der Waals surface area contributed by atoms with E-state index in [0.717, 1.165) is 37.5 Å². The zero-order valence-electron chi connectivity index (χ0n) is 14.4. The molecule has 1 aromatic carbocycles. The second-order valence-corrected chi connectivity index (χ2v) is 6.09. The predicted molar refractivity (Wildman–Crippen MR) is 109 cm³/mol. The van der Waals surface area contributed by atoms with Crippen molar-refractivity contribution in [3.05, 3.63) is 35.4 Å². The van der Waals surface area contributed by atoms with E-state index in [-0.39, 0.29) is 35.8 Å². The first-order valence-electron chi connectivity index (χ1n) is 8.12. The van der Waals surface area contributed by atoms with E-state index in [4.69, 9.17) is 11.5 Å². The number of nitrogens with one attached hydrogen (secondary N) is 1. The number of carbonyl (C=O) groups is 2. The third kappa shape index (κ3) is 6.52. The van der Waals surface area contributed by atoms with Crippen molar-refractivity contribution in [2.75, 3.05) is 20.1 Å². The summed E-state index contributed by atoms with van der Waals surface area (Å²) in [7, 11) is 1.75.